The Morgan fingerprint density at radius 1 is 1.36 bits per heavy atom. The Morgan fingerprint density at radius 2 is 2.05 bits per heavy atom. The van der Waals surface area contributed by atoms with E-state index in [4.69, 9.17) is 4.84 Å². The standard InChI is InChI=1S/C14H16F2N4O2/c1-19(22-2)13(21)10-3-5-11(6-4-10)17-9-12-7-8-20(18-12)14(15)16/h3-8,14,17H,9H2,1-2H3. The third-order valence-corrected chi connectivity index (χ3v) is 3.03. The van der Waals surface area contributed by atoms with Crippen LogP contribution in [0.1, 0.15) is 22.6 Å². The molecule has 0 aliphatic rings. The molecule has 1 aromatic heterocycles. The quantitative estimate of drug-likeness (QED) is 0.833. The van der Waals surface area contributed by atoms with Crippen LogP contribution in [0, 0.1) is 0 Å². The van der Waals surface area contributed by atoms with E-state index >= 15 is 0 Å². The van der Waals surface area contributed by atoms with Crippen LogP contribution in [0.15, 0.2) is 36.5 Å². The Balaban J connectivity index is 1.95. The summed E-state index contributed by atoms with van der Waals surface area (Å²) in [6.07, 6.45) is 1.23. The Hall–Kier alpha value is -2.48. The highest BCUT2D eigenvalue weighted by Gasteiger charge is 2.11. The average molecular weight is 310 g/mol. The number of aromatic nitrogens is 2. The fourth-order valence-corrected chi connectivity index (χ4v) is 1.77. The Kier molecular flexibility index (Phi) is 5.05. The lowest BCUT2D eigenvalue weighted by atomic mass is 10.2. The maximum atomic E-state index is 12.4. The van der Waals surface area contributed by atoms with Crippen molar-refractivity contribution in [3.05, 3.63) is 47.8 Å². The molecule has 0 bridgehead atoms. The van der Waals surface area contributed by atoms with Crippen molar-refractivity contribution < 1.29 is 18.4 Å². The minimum absolute atomic E-state index is 0.260. The number of halogens is 2. The number of nitrogens with one attached hydrogen (secondary N) is 1. The molecule has 118 valence electrons. The highest BCUT2D eigenvalue weighted by molar-refractivity contribution is 5.93. The summed E-state index contributed by atoms with van der Waals surface area (Å²) in [4.78, 5) is 16.6. The number of nitrogens with zero attached hydrogens (tertiary/aromatic N) is 3. The minimum atomic E-state index is -2.64. The number of amides is 1. The van der Waals surface area contributed by atoms with Gasteiger partial charge in [0.1, 0.15) is 0 Å². The van der Waals surface area contributed by atoms with E-state index in [1.165, 1.54) is 26.4 Å². The van der Waals surface area contributed by atoms with Gasteiger partial charge in [0.15, 0.2) is 0 Å². The molecule has 0 unspecified atom stereocenters. The maximum Gasteiger partial charge on any atom is 0.333 e. The fraction of sp³-hybridized carbons (Fsp3) is 0.286. The topological polar surface area (TPSA) is 59.4 Å². The summed E-state index contributed by atoms with van der Waals surface area (Å²) in [5.74, 6) is -0.260. The first kappa shape index (κ1) is 15.9. The van der Waals surface area contributed by atoms with Crippen molar-refractivity contribution in [1.29, 1.82) is 0 Å². The summed E-state index contributed by atoms with van der Waals surface area (Å²) in [5, 5.41) is 7.90. The predicted molar refractivity (Wildman–Crippen MR) is 76.4 cm³/mol. The maximum absolute atomic E-state index is 12.4. The van der Waals surface area contributed by atoms with E-state index in [9.17, 15) is 13.6 Å². The monoisotopic (exact) mass is 310 g/mol. The summed E-state index contributed by atoms with van der Waals surface area (Å²) in [7, 11) is 2.93. The molecule has 6 nitrogen and oxygen atoms in total. The van der Waals surface area contributed by atoms with E-state index < -0.39 is 6.55 Å². The number of hydroxylamine groups is 2. The van der Waals surface area contributed by atoms with Gasteiger partial charge in [-0.1, -0.05) is 0 Å². The first-order valence-corrected chi connectivity index (χ1v) is 6.49. The van der Waals surface area contributed by atoms with Gasteiger partial charge in [-0.2, -0.15) is 13.9 Å². The van der Waals surface area contributed by atoms with Gasteiger partial charge in [-0.3, -0.25) is 9.63 Å². The molecule has 0 spiro atoms. The van der Waals surface area contributed by atoms with Crippen molar-refractivity contribution >= 4 is 11.6 Å². The highest BCUT2D eigenvalue weighted by atomic mass is 19.3. The van der Waals surface area contributed by atoms with Crippen LogP contribution in [0.4, 0.5) is 14.5 Å². The Bertz CT molecular complexity index is 628. The van der Waals surface area contributed by atoms with Crippen LogP contribution in [0.3, 0.4) is 0 Å². The van der Waals surface area contributed by atoms with E-state index in [1.54, 1.807) is 24.3 Å². The summed E-state index contributed by atoms with van der Waals surface area (Å²) in [5.41, 5.74) is 1.74. The lowest BCUT2D eigenvalue weighted by Gasteiger charge is -2.13. The third kappa shape index (κ3) is 3.79. The average Bonchev–Trinajstić information content (AvgIpc) is 3.01. The summed E-state index contributed by atoms with van der Waals surface area (Å²) in [6, 6.07) is 8.27. The zero-order chi connectivity index (χ0) is 16.1. The van der Waals surface area contributed by atoms with Crippen LogP contribution in [-0.2, 0) is 11.4 Å². The number of rotatable bonds is 6. The van der Waals surface area contributed by atoms with Gasteiger partial charge in [0.05, 0.1) is 19.3 Å². The molecule has 22 heavy (non-hydrogen) atoms. The van der Waals surface area contributed by atoms with Crippen LogP contribution in [0.5, 0.6) is 0 Å². The van der Waals surface area contributed by atoms with E-state index in [-0.39, 0.29) is 5.91 Å². The van der Waals surface area contributed by atoms with E-state index in [0.717, 1.165) is 10.8 Å². The van der Waals surface area contributed by atoms with Gasteiger partial charge >= 0.3 is 6.55 Å². The van der Waals surface area contributed by atoms with E-state index in [1.807, 2.05) is 0 Å². The molecule has 1 aromatic carbocycles. The molecule has 2 rings (SSSR count). The molecule has 0 radical (unpaired) electrons. The van der Waals surface area contributed by atoms with Gasteiger partial charge in [0, 0.05) is 24.5 Å². The molecule has 8 heteroatoms. The predicted octanol–water partition coefficient (Wildman–Crippen LogP) is 2.52. The van der Waals surface area contributed by atoms with Crippen LogP contribution in [0.2, 0.25) is 0 Å². The second-order valence-electron chi connectivity index (χ2n) is 4.48. The van der Waals surface area contributed by atoms with Crippen molar-refractivity contribution in [2.75, 3.05) is 19.5 Å². The van der Waals surface area contributed by atoms with Crippen LogP contribution < -0.4 is 5.32 Å². The molecule has 2 aromatic rings. The molecular weight excluding hydrogens is 294 g/mol. The first-order chi connectivity index (χ1) is 10.5. The van der Waals surface area contributed by atoms with Gasteiger partial charge in [0.25, 0.3) is 5.91 Å². The normalized spacial score (nSPS) is 10.8. The summed E-state index contributed by atoms with van der Waals surface area (Å²) < 4.78 is 25.4. The second kappa shape index (κ2) is 6.99. The van der Waals surface area contributed by atoms with Crippen molar-refractivity contribution in [2.45, 2.75) is 13.1 Å². The first-order valence-electron chi connectivity index (χ1n) is 6.49. The molecule has 1 N–H and O–H groups in total. The van der Waals surface area contributed by atoms with Gasteiger partial charge in [0.2, 0.25) is 0 Å². The zero-order valence-electron chi connectivity index (χ0n) is 12.2. The lowest BCUT2D eigenvalue weighted by Crippen LogP contribution is -2.25. The molecule has 0 aliphatic carbocycles. The number of hydrogen-bond acceptors (Lipinski definition) is 4. The van der Waals surface area contributed by atoms with Crippen LogP contribution >= 0.6 is 0 Å². The number of carbonyl (C=O) groups is 1. The number of hydrogen-bond donors (Lipinski definition) is 1. The van der Waals surface area contributed by atoms with Crippen molar-refractivity contribution in [3.8, 4) is 0 Å². The van der Waals surface area contributed by atoms with E-state index in [0.29, 0.717) is 22.5 Å². The lowest BCUT2D eigenvalue weighted by molar-refractivity contribution is -0.0756. The molecule has 0 fully saturated rings. The van der Waals surface area contributed by atoms with E-state index in [2.05, 4.69) is 10.4 Å². The molecule has 1 heterocycles. The molecule has 0 aliphatic heterocycles. The molecule has 0 atom stereocenters. The molecule has 0 saturated heterocycles. The van der Waals surface area contributed by atoms with Gasteiger partial charge in [-0.25, -0.2) is 9.75 Å². The molecule has 0 saturated carbocycles. The molecule has 1 amide bonds. The summed E-state index contributed by atoms with van der Waals surface area (Å²) in [6.45, 7) is -2.33. The zero-order valence-corrected chi connectivity index (χ0v) is 12.2. The SMILES string of the molecule is CON(C)C(=O)c1ccc(NCc2ccn(C(F)F)n2)cc1. The smallest absolute Gasteiger partial charge is 0.333 e. The highest BCUT2D eigenvalue weighted by Crippen LogP contribution is 2.13. The fourth-order valence-electron chi connectivity index (χ4n) is 1.77. The summed E-state index contributed by atoms with van der Waals surface area (Å²) >= 11 is 0. The minimum Gasteiger partial charge on any atom is -0.379 e. The number of anilines is 1. The van der Waals surface area contributed by atoms with Crippen LogP contribution in [0.25, 0.3) is 0 Å². The van der Waals surface area contributed by atoms with Crippen molar-refractivity contribution in [1.82, 2.24) is 14.8 Å². The Morgan fingerprint density at radius 3 is 2.59 bits per heavy atom. The number of benzene rings is 1. The largest absolute Gasteiger partial charge is 0.379 e. The van der Waals surface area contributed by atoms with Crippen LogP contribution in [-0.4, -0.2) is 34.9 Å². The van der Waals surface area contributed by atoms with Crippen molar-refractivity contribution in [3.63, 3.8) is 0 Å². The number of carbonyl (C=O) groups excluding carboxylic acids is 1. The van der Waals surface area contributed by atoms with Gasteiger partial charge in [-0.05, 0) is 30.3 Å². The molecular formula is C14H16F2N4O2. The number of alkyl halides is 2. The van der Waals surface area contributed by atoms with Gasteiger partial charge in [-0.15, -0.1) is 0 Å². The van der Waals surface area contributed by atoms with Crippen molar-refractivity contribution in [2.24, 2.45) is 0 Å². The van der Waals surface area contributed by atoms with Gasteiger partial charge < -0.3 is 5.32 Å². The second-order valence-corrected chi connectivity index (χ2v) is 4.48. The Labute approximate surface area is 126 Å². The third-order valence-electron chi connectivity index (χ3n) is 3.03.